The molecule has 0 spiro atoms. The fourth-order valence-electron chi connectivity index (χ4n) is 2.25. The van der Waals surface area contributed by atoms with E-state index in [4.69, 9.17) is 9.47 Å². The zero-order valence-corrected chi connectivity index (χ0v) is 11.7. The zero-order chi connectivity index (χ0) is 12.5. The van der Waals surface area contributed by atoms with Gasteiger partial charge in [-0.1, -0.05) is 27.2 Å². The van der Waals surface area contributed by atoms with E-state index in [0.29, 0.717) is 17.9 Å². The summed E-state index contributed by atoms with van der Waals surface area (Å²) in [5, 5.41) is 3.52. The van der Waals surface area contributed by atoms with Crippen molar-refractivity contribution in [3.63, 3.8) is 0 Å². The molecule has 1 aliphatic rings. The van der Waals surface area contributed by atoms with Crippen LogP contribution >= 0.6 is 0 Å². The Hall–Kier alpha value is -0.120. The number of hydrogen-bond acceptors (Lipinski definition) is 3. The van der Waals surface area contributed by atoms with E-state index in [0.717, 1.165) is 45.8 Å². The number of nitrogens with one attached hydrogen (secondary N) is 1. The van der Waals surface area contributed by atoms with Gasteiger partial charge in [0, 0.05) is 25.9 Å². The summed E-state index contributed by atoms with van der Waals surface area (Å²) < 4.78 is 11.2. The van der Waals surface area contributed by atoms with Crippen LogP contribution in [0.25, 0.3) is 0 Å². The normalized spacial score (nSPS) is 21.4. The minimum atomic E-state index is 0.504. The average molecular weight is 243 g/mol. The minimum absolute atomic E-state index is 0.504. The minimum Gasteiger partial charge on any atom is -0.381 e. The maximum absolute atomic E-state index is 5.89. The lowest BCUT2D eigenvalue weighted by Gasteiger charge is -2.26. The summed E-state index contributed by atoms with van der Waals surface area (Å²) in [6, 6.07) is 0.504. The van der Waals surface area contributed by atoms with Crippen LogP contribution in [0.5, 0.6) is 0 Å². The molecule has 0 aromatic carbocycles. The average Bonchev–Trinajstić information content (AvgIpc) is 2.38. The van der Waals surface area contributed by atoms with Crippen LogP contribution in [0.2, 0.25) is 0 Å². The Balaban J connectivity index is 2.16. The Morgan fingerprint density at radius 1 is 1.29 bits per heavy atom. The maximum atomic E-state index is 5.89. The van der Waals surface area contributed by atoms with Gasteiger partial charge < -0.3 is 14.8 Å². The number of rotatable bonds is 8. The lowest BCUT2D eigenvalue weighted by atomic mass is 9.99. The third-order valence-electron chi connectivity index (χ3n) is 3.79. The predicted octanol–water partition coefficient (Wildman–Crippen LogP) is 2.45. The van der Waals surface area contributed by atoms with Gasteiger partial charge in [0.25, 0.3) is 0 Å². The Morgan fingerprint density at radius 2 is 2.00 bits per heavy atom. The van der Waals surface area contributed by atoms with Crippen molar-refractivity contribution >= 4 is 0 Å². The van der Waals surface area contributed by atoms with Gasteiger partial charge in [-0.2, -0.15) is 0 Å². The summed E-state index contributed by atoms with van der Waals surface area (Å²) in [6.07, 6.45) is 3.53. The molecular weight excluding hydrogens is 214 g/mol. The van der Waals surface area contributed by atoms with Gasteiger partial charge in [-0.15, -0.1) is 0 Å². The summed E-state index contributed by atoms with van der Waals surface area (Å²) in [5.41, 5.74) is 0. The molecular formula is C14H29NO2. The largest absolute Gasteiger partial charge is 0.381 e. The van der Waals surface area contributed by atoms with E-state index in [1.165, 1.54) is 6.42 Å². The van der Waals surface area contributed by atoms with Crippen molar-refractivity contribution in [2.75, 3.05) is 33.0 Å². The smallest absolute Gasteiger partial charge is 0.0622 e. The molecule has 1 N–H and O–H groups in total. The Morgan fingerprint density at radius 3 is 2.59 bits per heavy atom. The molecule has 1 fully saturated rings. The highest BCUT2D eigenvalue weighted by atomic mass is 16.5. The molecule has 1 heterocycles. The Bertz CT molecular complexity index is 181. The van der Waals surface area contributed by atoms with Crippen molar-refractivity contribution in [3.05, 3.63) is 0 Å². The van der Waals surface area contributed by atoms with Crippen molar-refractivity contribution in [1.29, 1.82) is 0 Å². The van der Waals surface area contributed by atoms with Crippen LogP contribution in [-0.2, 0) is 9.47 Å². The van der Waals surface area contributed by atoms with E-state index >= 15 is 0 Å². The molecule has 1 aliphatic heterocycles. The van der Waals surface area contributed by atoms with Gasteiger partial charge in [0.2, 0.25) is 0 Å². The zero-order valence-electron chi connectivity index (χ0n) is 11.7. The monoisotopic (exact) mass is 243 g/mol. The first-order chi connectivity index (χ1) is 8.27. The second-order valence-corrected chi connectivity index (χ2v) is 5.14. The van der Waals surface area contributed by atoms with E-state index in [2.05, 4.69) is 26.1 Å². The van der Waals surface area contributed by atoms with Crippen molar-refractivity contribution in [2.45, 2.75) is 46.1 Å². The highest BCUT2D eigenvalue weighted by Gasteiger charge is 2.17. The summed E-state index contributed by atoms with van der Waals surface area (Å²) >= 11 is 0. The van der Waals surface area contributed by atoms with Crippen LogP contribution < -0.4 is 5.32 Å². The van der Waals surface area contributed by atoms with Crippen LogP contribution in [0.15, 0.2) is 0 Å². The van der Waals surface area contributed by atoms with Crippen molar-refractivity contribution < 1.29 is 9.47 Å². The molecule has 2 atom stereocenters. The first-order valence-electron chi connectivity index (χ1n) is 7.16. The molecule has 17 heavy (non-hydrogen) atoms. The molecule has 1 rings (SSSR count). The van der Waals surface area contributed by atoms with Crippen molar-refractivity contribution in [2.24, 2.45) is 11.8 Å². The van der Waals surface area contributed by atoms with E-state index in [9.17, 15) is 0 Å². The molecule has 102 valence electrons. The van der Waals surface area contributed by atoms with Gasteiger partial charge in [0.1, 0.15) is 0 Å². The van der Waals surface area contributed by atoms with Crippen molar-refractivity contribution in [1.82, 2.24) is 5.32 Å². The molecule has 0 aromatic rings. The maximum Gasteiger partial charge on any atom is 0.0622 e. The first kappa shape index (κ1) is 14.9. The molecule has 1 saturated heterocycles. The van der Waals surface area contributed by atoms with Crippen LogP contribution in [0.1, 0.15) is 40.0 Å². The number of hydrogen-bond donors (Lipinski definition) is 1. The molecule has 0 bridgehead atoms. The molecule has 0 saturated carbocycles. The first-order valence-corrected chi connectivity index (χ1v) is 7.16. The molecule has 0 amide bonds. The fourth-order valence-corrected chi connectivity index (χ4v) is 2.25. The third-order valence-corrected chi connectivity index (χ3v) is 3.79. The lowest BCUT2D eigenvalue weighted by Crippen LogP contribution is -2.39. The van der Waals surface area contributed by atoms with E-state index in [1.54, 1.807) is 0 Å². The second kappa shape index (κ2) is 8.90. The molecule has 3 heteroatoms. The quantitative estimate of drug-likeness (QED) is 0.710. The van der Waals surface area contributed by atoms with Gasteiger partial charge in [-0.3, -0.25) is 0 Å². The number of ether oxygens (including phenoxy) is 2. The summed E-state index contributed by atoms with van der Waals surface area (Å²) in [4.78, 5) is 0. The van der Waals surface area contributed by atoms with Crippen LogP contribution in [0, 0.1) is 11.8 Å². The van der Waals surface area contributed by atoms with Crippen LogP contribution in [-0.4, -0.2) is 39.0 Å². The lowest BCUT2D eigenvalue weighted by molar-refractivity contribution is 0.0115. The van der Waals surface area contributed by atoms with Gasteiger partial charge >= 0.3 is 0 Å². The van der Waals surface area contributed by atoms with Gasteiger partial charge in [0.15, 0.2) is 0 Å². The van der Waals surface area contributed by atoms with Gasteiger partial charge in [-0.25, -0.2) is 0 Å². The number of likely N-dealkylation sites (N-methyl/N-ethyl adjacent to an activating group) is 1. The Labute approximate surface area is 106 Å². The molecule has 0 aromatic heterocycles. The third kappa shape index (κ3) is 5.84. The summed E-state index contributed by atoms with van der Waals surface area (Å²) in [6.45, 7) is 11.3. The van der Waals surface area contributed by atoms with E-state index < -0.39 is 0 Å². The highest BCUT2D eigenvalue weighted by molar-refractivity contribution is 4.72. The summed E-state index contributed by atoms with van der Waals surface area (Å²) in [5.74, 6) is 1.40. The van der Waals surface area contributed by atoms with Gasteiger partial charge in [0.05, 0.1) is 6.61 Å². The second-order valence-electron chi connectivity index (χ2n) is 5.14. The molecule has 3 nitrogen and oxygen atoms in total. The standard InChI is InChI=1S/C14H29NO2/c1-4-12(3)14(15-5-2)11-17-10-13-6-8-16-9-7-13/h12-15H,4-11H2,1-3H3. The van der Waals surface area contributed by atoms with E-state index in [-0.39, 0.29) is 0 Å². The van der Waals surface area contributed by atoms with Crippen LogP contribution in [0.3, 0.4) is 0 Å². The van der Waals surface area contributed by atoms with Gasteiger partial charge in [-0.05, 0) is 31.2 Å². The predicted molar refractivity (Wildman–Crippen MR) is 71.3 cm³/mol. The topological polar surface area (TPSA) is 30.5 Å². The molecule has 2 unspecified atom stereocenters. The van der Waals surface area contributed by atoms with E-state index in [1.807, 2.05) is 0 Å². The molecule has 0 aliphatic carbocycles. The molecule has 0 radical (unpaired) electrons. The summed E-state index contributed by atoms with van der Waals surface area (Å²) in [7, 11) is 0. The van der Waals surface area contributed by atoms with Crippen molar-refractivity contribution in [3.8, 4) is 0 Å². The SMILES string of the molecule is CCNC(COCC1CCOCC1)C(C)CC. The highest BCUT2D eigenvalue weighted by Crippen LogP contribution is 2.15. The fraction of sp³-hybridized carbons (Fsp3) is 1.00. The van der Waals surface area contributed by atoms with Crippen LogP contribution in [0.4, 0.5) is 0 Å². The Kier molecular flexibility index (Phi) is 7.82.